The highest BCUT2D eigenvalue weighted by Crippen LogP contribution is 2.04. The molecule has 0 bridgehead atoms. The Bertz CT molecular complexity index is 527. The lowest BCUT2D eigenvalue weighted by Gasteiger charge is -1.95. The van der Waals surface area contributed by atoms with Gasteiger partial charge in [-0.3, -0.25) is 0 Å². The van der Waals surface area contributed by atoms with Crippen LogP contribution in [0.1, 0.15) is 20.7 Å². The largest absolute Gasteiger partial charge is 0.478 e. The minimum atomic E-state index is -1.13. The van der Waals surface area contributed by atoms with Crippen LogP contribution in [0.3, 0.4) is 0 Å². The molecule has 0 atom stereocenters. The van der Waals surface area contributed by atoms with Gasteiger partial charge in [0.2, 0.25) is 0 Å². The van der Waals surface area contributed by atoms with Gasteiger partial charge in [0, 0.05) is 12.2 Å². The molecule has 0 fully saturated rings. The highest BCUT2D eigenvalue weighted by Gasteiger charge is 2.06. The average molecular weight is 310 g/mol. The number of aliphatic carboxylic acids is 2. The first-order chi connectivity index (χ1) is 10.1. The van der Waals surface area contributed by atoms with Crippen molar-refractivity contribution >= 4 is 23.9 Å². The van der Waals surface area contributed by atoms with Crippen molar-refractivity contribution in [2.75, 3.05) is 0 Å². The Morgan fingerprint density at radius 2 is 1.05 bits per heavy atom. The molecule has 8 nitrogen and oxygen atoms in total. The standard InChI is InChI=1S/C8H6O4.2C3H4O2/c9-7(10)5-2-1-3-6(4-5)8(11)12;2*1-2-3(4)5/h1-4H,(H,9,10)(H,11,12);2*2H,1H2,(H,4,5). The van der Waals surface area contributed by atoms with E-state index in [1.165, 1.54) is 18.2 Å². The van der Waals surface area contributed by atoms with Crippen LogP contribution in [-0.2, 0) is 9.59 Å². The molecule has 0 aliphatic heterocycles. The monoisotopic (exact) mass is 310 g/mol. The van der Waals surface area contributed by atoms with Gasteiger partial charge in [0.05, 0.1) is 11.1 Å². The number of aromatic carboxylic acids is 2. The summed E-state index contributed by atoms with van der Waals surface area (Å²) in [5, 5.41) is 32.2. The Hall–Kier alpha value is -3.42. The number of hydrogen-bond acceptors (Lipinski definition) is 4. The SMILES string of the molecule is C=CC(=O)O.C=CC(=O)O.O=C(O)c1cccc(C(=O)O)c1. The van der Waals surface area contributed by atoms with Crippen LogP contribution in [0, 0.1) is 0 Å². The van der Waals surface area contributed by atoms with E-state index in [1.54, 1.807) is 0 Å². The average Bonchev–Trinajstić information content (AvgIpc) is 2.48. The topological polar surface area (TPSA) is 149 Å². The van der Waals surface area contributed by atoms with E-state index in [0.717, 1.165) is 18.2 Å². The van der Waals surface area contributed by atoms with Crippen molar-refractivity contribution in [2.24, 2.45) is 0 Å². The highest BCUT2D eigenvalue weighted by molar-refractivity contribution is 5.93. The van der Waals surface area contributed by atoms with Crippen LogP contribution in [0.5, 0.6) is 0 Å². The maximum atomic E-state index is 10.4. The zero-order chi connectivity index (χ0) is 17.7. The van der Waals surface area contributed by atoms with E-state index in [9.17, 15) is 19.2 Å². The molecule has 1 rings (SSSR count). The van der Waals surface area contributed by atoms with Crippen LogP contribution in [0.4, 0.5) is 0 Å². The van der Waals surface area contributed by atoms with E-state index < -0.39 is 23.9 Å². The summed E-state index contributed by atoms with van der Waals surface area (Å²) < 4.78 is 0. The third kappa shape index (κ3) is 11.7. The van der Waals surface area contributed by atoms with Crippen molar-refractivity contribution in [1.82, 2.24) is 0 Å². The predicted octanol–water partition coefficient (Wildman–Crippen LogP) is 1.60. The second-order valence-electron chi connectivity index (χ2n) is 3.28. The molecule has 0 heterocycles. The Kier molecular flexibility index (Phi) is 10.8. The lowest BCUT2D eigenvalue weighted by atomic mass is 10.1. The summed E-state index contributed by atoms with van der Waals surface area (Å²) in [6, 6.07) is 5.20. The van der Waals surface area contributed by atoms with Crippen molar-refractivity contribution < 1.29 is 39.6 Å². The Morgan fingerprint density at radius 1 is 0.773 bits per heavy atom. The van der Waals surface area contributed by atoms with Crippen molar-refractivity contribution in [3.05, 3.63) is 60.7 Å². The molecular formula is C14H14O8. The summed E-state index contributed by atoms with van der Waals surface area (Å²) in [6.07, 6.45) is 1.67. The summed E-state index contributed by atoms with van der Waals surface area (Å²) in [6.45, 7) is 5.92. The molecule has 118 valence electrons. The van der Waals surface area contributed by atoms with E-state index in [1.807, 2.05) is 0 Å². The molecule has 1 aromatic rings. The van der Waals surface area contributed by atoms with Gasteiger partial charge >= 0.3 is 23.9 Å². The van der Waals surface area contributed by atoms with E-state index >= 15 is 0 Å². The van der Waals surface area contributed by atoms with Crippen molar-refractivity contribution in [3.63, 3.8) is 0 Å². The first kappa shape index (κ1) is 20.9. The van der Waals surface area contributed by atoms with Crippen LogP contribution < -0.4 is 0 Å². The quantitative estimate of drug-likeness (QED) is 0.612. The second-order valence-corrected chi connectivity index (χ2v) is 3.28. The van der Waals surface area contributed by atoms with Crippen molar-refractivity contribution in [3.8, 4) is 0 Å². The molecule has 0 radical (unpaired) electrons. The maximum absolute atomic E-state index is 10.4. The molecule has 0 aliphatic carbocycles. The lowest BCUT2D eigenvalue weighted by Crippen LogP contribution is -2.01. The third-order valence-electron chi connectivity index (χ3n) is 1.71. The number of carboxylic acids is 4. The molecule has 8 heteroatoms. The maximum Gasteiger partial charge on any atom is 0.335 e. The molecular weight excluding hydrogens is 296 g/mol. The van der Waals surface area contributed by atoms with E-state index in [-0.39, 0.29) is 11.1 Å². The molecule has 22 heavy (non-hydrogen) atoms. The van der Waals surface area contributed by atoms with Gasteiger partial charge in [0.25, 0.3) is 0 Å². The number of benzene rings is 1. The normalized spacial score (nSPS) is 8.00. The predicted molar refractivity (Wildman–Crippen MR) is 76.0 cm³/mol. The second kappa shape index (κ2) is 11.4. The van der Waals surface area contributed by atoms with Crippen LogP contribution in [-0.4, -0.2) is 44.3 Å². The van der Waals surface area contributed by atoms with E-state index in [4.69, 9.17) is 20.4 Å². The van der Waals surface area contributed by atoms with Crippen LogP contribution in [0.2, 0.25) is 0 Å². The van der Waals surface area contributed by atoms with Gasteiger partial charge < -0.3 is 20.4 Å². The van der Waals surface area contributed by atoms with Gasteiger partial charge in [-0.25, -0.2) is 19.2 Å². The van der Waals surface area contributed by atoms with Gasteiger partial charge in [0.1, 0.15) is 0 Å². The first-order valence-electron chi connectivity index (χ1n) is 5.43. The molecule has 0 saturated heterocycles. The number of rotatable bonds is 4. The zero-order valence-electron chi connectivity index (χ0n) is 11.3. The summed E-state index contributed by atoms with van der Waals surface area (Å²) in [4.78, 5) is 39.3. The molecule has 0 unspecified atom stereocenters. The Labute approximate surface area is 125 Å². The molecule has 0 aromatic heterocycles. The third-order valence-corrected chi connectivity index (χ3v) is 1.71. The lowest BCUT2D eigenvalue weighted by molar-refractivity contribution is -0.132. The number of carbonyl (C=O) groups is 4. The van der Waals surface area contributed by atoms with E-state index in [2.05, 4.69) is 13.2 Å². The minimum Gasteiger partial charge on any atom is -0.478 e. The fourth-order valence-electron chi connectivity index (χ4n) is 0.785. The van der Waals surface area contributed by atoms with Crippen LogP contribution >= 0.6 is 0 Å². The summed E-state index contributed by atoms with van der Waals surface area (Å²) >= 11 is 0. The van der Waals surface area contributed by atoms with Gasteiger partial charge in [-0.05, 0) is 18.2 Å². The molecule has 4 N–H and O–H groups in total. The fraction of sp³-hybridized carbons (Fsp3) is 0. The van der Waals surface area contributed by atoms with Crippen molar-refractivity contribution in [1.29, 1.82) is 0 Å². The summed E-state index contributed by atoms with van der Waals surface area (Å²) in [7, 11) is 0. The van der Waals surface area contributed by atoms with Crippen molar-refractivity contribution in [2.45, 2.75) is 0 Å². The molecule has 1 aromatic carbocycles. The number of carboxylic acid groups (broad SMARTS) is 4. The number of hydrogen-bond donors (Lipinski definition) is 4. The molecule has 0 amide bonds. The first-order valence-corrected chi connectivity index (χ1v) is 5.43. The molecule has 0 saturated carbocycles. The zero-order valence-corrected chi connectivity index (χ0v) is 11.3. The summed E-state index contributed by atoms with van der Waals surface area (Å²) in [5.74, 6) is -4.22. The molecule has 0 aliphatic rings. The minimum absolute atomic E-state index is 0.0186. The van der Waals surface area contributed by atoms with Gasteiger partial charge in [-0.15, -0.1) is 0 Å². The smallest absolute Gasteiger partial charge is 0.335 e. The van der Waals surface area contributed by atoms with Crippen LogP contribution in [0.25, 0.3) is 0 Å². The highest BCUT2D eigenvalue weighted by atomic mass is 16.4. The van der Waals surface area contributed by atoms with E-state index in [0.29, 0.717) is 0 Å². The van der Waals surface area contributed by atoms with Gasteiger partial charge in [-0.1, -0.05) is 19.2 Å². The van der Waals surface area contributed by atoms with Crippen LogP contribution in [0.15, 0.2) is 49.6 Å². The Balaban J connectivity index is 0. The van der Waals surface area contributed by atoms with Gasteiger partial charge in [0.15, 0.2) is 0 Å². The fourth-order valence-corrected chi connectivity index (χ4v) is 0.785. The summed E-state index contributed by atoms with van der Waals surface area (Å²) in [5.41, 5.74) is -0.0372. The molecule has 0 spiro atoms. The Morgan fingerprint density at radius 3 is 1.23 bits per heavy atom. The van der Waals surface area contributed by atoms with Gasteiger partial charge in [-0.2, -0.15) is 0 Å².